The van der Waals surface area contributed by atoms with Crippen LogP contribution in [0.15, 0.2) is 36.4 Å². The molecule has 0 aliphatic rings. The maximum absolute atomic E-state index is 13.6. The summed E-state index contributed by atoms with van der Waals surface area (Å²) in [6.45, 7) is 3.73. The van der Waals surface area contributed by atoms with Gasteiger partial charge in [0.15, 0.2) is 0 Å². The van der Waals surface area contributed by atoms with Crippen molar-refractivity contribution >= 4 is 23.2 Å². The van der Waals surface area contributed by atoms with Gasteiger partial charge in [-0.25, -0.2) is 8.78 Å². The molecule has 0 saturated carbocycles. The molecule has 1 nitrogen and oxygen atoms in total. The second kappa shape index (κ2) is 6.73. The Kier molecular flexibility index (Phi) is 5.20. The number of benzene rings is 2. The molecule has 2 unspecified atom stereocenters. The predicted molar refractivity (Wildman–Crippen MR) is 82.8 cm³/mol. The summed E-state index contributed by atoms with van der Waals surface area (Å²) in [5, 5.41) is 3.65. The van der Waals surface area contributed by atoms with Gasteiger partial charge < -0.3 is 5.32 Å². The average Bonchev–Trinajstić information content (AvgIpc) is 2.43. The lowest BCUT2D eigenvalue weighted by Gasteiger charge is -2.22. The number of rotatable bonds is 4. The monoisotopic (exact) mass is 329 g/mol. The van der Waals surface area contributed by atoms with Crippen molar-refractivity contribution in [1.82, 2.24) is 5.32 Å². The maximum Gasteiger partial charge on any atom is 0.142 e. The zero-order valence-electron chi connectivity index (χ0n) is 11.6. The molecule has 21 heavy (non-hydrogen) atoms. The normalized spacial score (nSPS) is 14.0. The van der Waals surface area contributed by atoms with Gasteiger partial charge in [-0.3, -0.25) is 0 Å². The first-order chi connectivity index (χ1) is 9.90. The van der Waals surface area contributed by atoms with E-state index in [1.54, 1.807) is 6.07 Å². The highest BCUT2D eigenvalue weighted by Crippen LogP contribution is 2.33. The van der Waals surface area contributed by atoms with Crippen LogP contribution in [0.4, 0.5) is 8.78 Å². The van der Waals surface area contributed by atoms with Crippen LogP contribution in [-0.2, 0) is 0 Å². The number of halogens is 4. The van der Waals surface area contributed by atoms with E-state index in [0.29, 0.717) is 10.6 Å². The first kappa shape index (κ1) is 16.2. The summed E-state index contributed by atoms with van der Waals surface area (Å²) in [6.07, 6.45) is 0. The third-order valence-electron chi connectivity index (χ3n) is 3.36. The second-order valence-corrected chi connectivity index (χ2v) is 5.71. The molecule has 0 aromatic heterocycles. The summed E-state index contributed by atoms with van der Waals surface area (Å²) in [4.78, 5) is 0. The van der Waals surface area contributed by atoms with Crippen molar-refractivity contribution in [3.8, 4) is 0 Å². The van der Waals surface area contributed by atoms with Crippen LogP contribution >= 0.6 is 23.2 Å². The molecule has 0 saturated heterocycles. The topological polar surface area (TPSA) is 12.0 Å². The van der Waals surface area contributed by atoms with Crippen LogP contribution in [0.1, 0.15) is 37.1 Å². The van der Waals surface area contributed by atoms with Gasteiger partial charge in [0.05, 0.1) is 5.02 Å². The molecule has 2 atom stereocenters. The largest absolute Gasteiger partial charge is 0.304 e. The molecule has 2 aromatic rings. The standard InChI is InChI=1S/C16H15Cl2F2N/c1-9(11-4-3-5-12(19)8-11)21-10(2)15-13(17)6-7-14(20)16(15)18/h3-10,21H,1-2H3. The Morgan fingerprint density at radius 1 is 1.00 bits per heavy atom. The smallest absolute Gasteiger partial charge is 0.142 e. The minimum atomic E-state index is -0.511. The number of hydrogen-bond donors (Lipinski definition) is 1. The highest BCUT2D eigenvalue weighted by atomic mass is 35.5. The Morgan fingerprint density at radius 3 is 2.38 bits per heavy atom. The SMILES string of the molecule is CC(NC(C)c1c(Cl)ccc(F)c1Cl)c1cccc(F)c1. The predicted octanol–water partition coefficient (Wildman–Crippen LogP) is 5.68. The Bertz CT molecular complexity index is 646. The third-order valence-corrected chi connectivity index (χ3v) is 4.07. The van der Waals surface area contributed by atoms with Crippen LogP contribution in [0.25, 0.3) is 0 Å². The molecule has 2 aromatic carbocycles. The Hall–Kier alpha value is -1.16. The Balaban J connectivity index is 2.22. The molecule has 0 heterocycles. The summed E-state index contributed by atoms with van der Waals surface area (Å²) >= 11 is 12.1. The van der Waals surface area contributed by atoms with E-state index in [2.05, 4.69) is 5.32 Å². The van der Waals surface area contributed by atoms with Gasteiger partial charge in [0, 0.05) is 22.7 Å². The Morgan fingerprint density at radius 2 is 1.71 bits per heavy atom. The molecule has 112 valence electrons. The van der Waals surface area contributed by atoms with Crippen LogP contribution < -0.4 is 5.32 Å². The van der Waals surface area contributed by atoms with E-state index < -0.39 is 5.82 Å². The second-order valence-electron chi connectivity index (χ2n) is 4.92. The fourth-order valence-electron chi connectivity index (χ4n) is 2.27. The van der Waals surface area contributed by atoms with Crippen molar-refractivity contribution < 1.29 is 8.78 Å². The van der Waals surface area contributed by atoms with E-state index in [4.69, 9.17) is 23.2 Å². The zero-order valence-corrected chi connectivity index (χ0v) is 13.1. The molecule has 5 heteroatoms. The van der Waals surface area contributed by atoms with Crippen molar-refractivity contribution in [1.29, 1.82) is 0 Å². The molecule has 0 amide bonds. The van der Waals surface area contributed by atoms with E-state index in [9.17, 15) is 8.78 Å². The lowest BCUT2D eigenvalue weighted by molar-refractivity contribution is 0.489. The zero-order chi connectivity index (χ0) is 15.6. The summed E-state index contributed by atoms with van der Waals surface area (Å²) in [5.74, 6) is -0.807. The molecule has 0 aliphatic carbocycles. The van der Waals surface area contributed by atoms with Gasteiger partial charge >= 0.3 is 0 Å². The van der Waals surface area contributed by atoms with Gasteiger partial charge in [0.1, 0.15) is 11.6 Å². The van der Waals surface area contributed by atoms with Crippen molar-refractivity contribution in [2.24, 2.45) is 0 Å². The summed E-state index contributed by atoms with van der Waals surface area (Å²) in [5.41, 5.74) is 1.30. The van der Waals surface area contributed by atoms with E-state index in [1.165, 1.54) is 24.3 Å². The maximum atomic E-state index is 13.6. The van der Waals surface area contributed by atoms with Crippen molar-refractivity contribution in [2.75, 3.05) is 0 Å². The van der Waals surface area contributed by atoms with Crippen LogP contribution in [0, 0.1) is 11.6 Å². The van der Waals surface area contributed by atoms with E-state index in [1.807, 2.05) is 19.9 Å². The lowest BCUT2D eigenvalue weighted by Crippen LogP contribution is -2.23. The summed E-state index contributed by atoms with van der Waals surface area (Å²) in [6, 6.07) is 8.61. The van der Waals surface area contributed by atoms with Gasteiger partial charge in [-0.2, -0.15) is 0 Å². The molecular weight excluding hydrogens is 315 g/mol. The highest BCUT2D eigenvalue weighted by molar-refractivity contribution is 6.36. The fraction of sp³-hybridized carbons (Fsp3) is 0.250. The molecule has 1 N–H and O–H groups in total. The molecule has 0 bridgehead atoms. The first-order valence-corrected chi connectivity index (χ1v) is 7.30. The quantitative estimate of drug-likeness (QED) is 0.711. The molecular formula is C16H15Cl2F2N. The van der Waals surface area contributed by atoms with Crippen LogP contribution in [-0.4, -0.2) is 0 Å². The molecule has 0 spiro atoms. The van der Waals surface area contributed by atoms with Crippen LogP contribution in [0.3, 0.4) is 0 Å². The summed E-state index contributed by atoms with van der Waals surface area (Å²) < 4.78 is 26.8. The molecule has 0 radical (unpaired) electrons. The molecule has 2 rings (SSSR count). The van der Waals surface area contributed by atoms with E-state index >= 15 is 0 Å². The van der Waals surface area contributed by atoms with Crippen LogP contribution in [0.2, 0.25) is 10.0 Å². The van der Waals surface area contributed by atoms with Gasteiger partial charge in [0.25, 0.3) is 0 Å². The van der Waals surface area contributed by atoms with Crippen molar-refractivity contribution in [2.45, 2.75) is 25.9 Å². The minimum Gasteiger partial charge on any atom is -0.304 e. The van der Waals surface area contributed by atoms with Crippen molar-refractivity contribution in [3.05, 3.63) is 69.2 Å². The highest BCUT2D eigenvalue weighted by Gasteiger charge is 2.19. The minimum absolute atomic E-state index is 0.00828. The van der Waals surface area contributed by atoms with Crippen LogP contribution in [0.5, 0.6) is 0 Å². The Labute approximate surface area is 132 Å². The lowest BCUT2D eigenvalue weighted by atomic mass is 10.0. The van der Waals surface area contributed by atoms with Crippen molar-refractivity contribution in [3.63, 3.8) is 0 Å². The van der Waals surface area contributed by atoms with Gasteiger partial charge in [-0.1, -0.05) is 35.3 Å². The van der Waals surface area contributed by atoms with E-state index in [0.717, 1.165) is 5.56 Å². The third kappa shape index (κ3) is 3.73. The molecule has 0 fully saturated rings. The van der Waals surface area contributed by atoms with E-state index in [-0.39, 0.29) is 22.9 Å². The van der Waals surface area contributed by atoms with Gasteiger partial charge in [-0.05, 0) is 43.7 Å². The number of hydrogen-bond acceptors (Lipinski definition) is 1. The summed E-state index contributed by atoms with van der Waals surface area (Å²) in [7, 11) is 0. The van der Waals surface area contributed by atoms with Gasteiger partial charge in [0.2, 0.25) is 0 Å². The molecule has 0 aliphatic heterocycles. The number of nitrogens with one attached hydrogen (secondary N) is 1. The first-order valence-electron chi connectivity index (χ1n) is 6.55. The average molecular weight is 330 g/mol. The fourth-order valence-corrected chi connectivity index (χ4v) is 2.97. The van der Waals surface area contributed by atoms with Gasteiger partial charge in [-0.15, -0.1) is 0 Å².